The van der Waals surface area contributed by atoms with Crippen LogP contribution >= 0.6 is 0 Å². The molecule has 0 bridgehead atoms. The number of carboxylic acid groups (broad SMARTS) is 1. The summed E-state index contributed by atoms with van der Waals surface area (Å²) in [4.78, 5) is 57.1. The predicted molar refractivity (Wildman–Crippen MR) is 184 cm³/mol. The topological polar surface area (TPSA) is 203 Å². The maximum atomic E-state index is 13.2. The van der Waals surface area contributed by atoms with E-state index in [-0.39, 0.29) is 30.4 Å². The van der Waals surface area contributed by atoms with Gasteiger partial charge in [0.15, 0.2) is 0 Å². The van der Waals surface area contributed by atoms with Gasteiger partial charge in [0.05, 0.1) is 19.3 Å². The number of aliphatic hydroxyl groups excluding tert-OH is 2. The first-order chi connectivity index (χ1) is 23.5. The van der Waals surface area contributed by atoms with Crippen molar-refractivity contribution in [3.63, 3.8) is 0 Å². The molecule has 256 valence electrons. The number of anilines is 2. The second-order valence-electron chi connectivity index (χ2n) is 11.6. The van der Waals surface area contributed by atoms with E-state index in [9.17, 15) is 29.4 Å². The molecule has 4 rings (SSSR count). The summed E-state index contributed by atoms with van der Waals surface area (Å²) in [5.41, 5.74) is 7.97. The normalized spacial score (nSPS) is 12.2. The average Bonchev–Trinajstić information content (AvgIpc) is 3.08. The Balaban J connectivity index is 1.48. The highest BCUT2D eigenvalue weighted by Crippen LogP contribution is 2.34. The first kappa shape index (κ1) is 36.5. The summed E-state index contributed by atoms with van der Waals surface area (Å²) in [5.74, 6) is -1.97. The Morgan fingerprint density at radius 1 is 0.735 bits per heavy atom. The number of aldehydes is 1. The number of amides is 2. The molecular formula is C36H40N6O7. The smallest absolute Gasteiger partial charge is 0.323 e. The van der Waals surface area contributed by atoms with Crippen LogP contribution in [0, 0.1) is 27.7 Å². The monoisotopic (exact) mass is 668 g/mol. The van der Waals surface area contributed by atoms with Crippen molar-refractivity contribution >= 4 is 35.4 Å². The molecule has 0 saturated heterocycles. The molecular weight excluding hydrogens is 628 g/mol. The molecule has 4 aromatic rings. The summed E-state index contributed by atoms with van der Waals surface area (Å²) < 4.78 is 0. The van der Waals surface area contributed by atoms with Gasteiger partial charge in [0.1, 0.15) is 23.7 Å². The van der Waals surface area contributed by atoms with Gasteiger partial charge in [-0.2, -0.15) is 0 Å². The molecule has 0 aliphatic rings. The van der Waals surface area contributed by atoms with Crippen molar-refractivity contribution in [2.75, 3.05) is 23.8 Å². The van der Waals surface area contributed by atoms with Crippen molar-refractivity contribution in [2.24, 2.45) is 0 Å². The lowest BCUT2D eigenvalue weighted by Crippen LogP contribution is -2.39. The molecule has 0 fully saturated rings. The Labute approximate surface area is 283 Å². The minimum Gasteiger partial charge on any atom is -0.480 e. The molecule has 49 heavy (non-hydrogen) atoms. The van der Waals surface area contributed by atoms with Gasteiger partial charge in [-0.05, 0) is 96.5 Å². The van der Waals surface area contributed by atoms with Crippen molar-refractivity contribution in [1.29, 1.82) is 0 Å². The molecule has 2 atom stereocenters. The highest BCUT2D eigenvalue weighted by molar-refractivity contribution is 6.05. The molecule has 0 aliphatic carbocycles. The molecule has 0 radical (unpaired) electrons. The van der Waals surface area contributed by atoms with Crippen molar-refractivity contribution < 1.29 is 34.5 Å². The second kappa shape index (κ2) is 16.7. The number of hydrogen-bond acceptors (Lipinski definition) is 10. The number of pyridine rings is 2. The SMILES string of the molecule is Cc1cc(C(=O)Nc2cccc(-c3cccc(NC(=O)c4cc(C)c(CN[C@@H](CO)C(=O)O)cn4)c3C)c2C)ncc1CN[C@H](C=O)CO. The zero-order valence-electron chi connectivity index (χ0n) is 27.7. The van der Waals surface area contributed by atoms with E-state index in [0.717, 1.165) is 38.9 Å². The zero-order valence-corrected chi connectivity index (χ0v) is 27.7. The maximum absolute atomic E-state index is 13.2. The van der Waals surface area contributed by atoms with Crippen LogP contribution in [0.4, 0.5) is 11.4 Å². The summed E-state index contributed by atoms with van der Waals surface area (Å²) >= 11 is 0. The number of benzene rings is 2. The third kappa shape index (κ3) is 8.97. The second-order valence-corrected chi connectivity index (χ2v) is 11.6. The number of nitrogens with zero attached hydrogens (tertiary/aromatic N) is 2. The van der Waals surface area contributed by atoms with Gasteiger partial charge >= 0.3 is 5.97 Å². The van der Waals surface area contributed by atoms with Crippen molar-refractivity contribution in [1.82, 2.24) is 20.6 Å². The van der Waals surface area contributed by atoms with Crippen LogP contribution in [0.15, 0.2) is 60.9 Å². The molecule has 0 unspecified atom stereocenters. The Hall–Kier alpha value is -5.34. The molecule has 0 spiro atoms. The average molecular weight is 669 g/mol. The number of hydrogen-bond donors (Lipinski definition) is 7. The van der Waals surface area contributed by atoms with Crippen molar-refractivity contribution in [3.8, 4) is 11.1 Å². The van der Waals surface area contributed by atoms with Crippen LogP contribution in [0.3, 0.4) is 0 Å². The van der Waals surface area contributed by atoms with Gasteiger partial charge < -0.3 is 36.1 Å². The van der Waals surface area contributed by atoms with Crippen LogP contribution in [-0.4, -0.2) is 74.7 Å². The van der Waals surface area contributed by atoms with Crippen LogP contribution in [0.5, 0.6) is 0 Å². The fourth-order valence-corrected chi connectivity index (χ4v) is 5.15. The molecule has 13 nitrogen and oxygen atoms in total. The van der Waals surface area contributed by atoms with Gasteiger partial charge in [0, 0.05) is 36.9 Å². The highest BCUT2D eigenvalue weighted by Gasteiger charge is 2.19. The van der Waals surface area contributed by atoms with Crippen molar-refractivity contribution in [2.45, 2.75) is 52.9 Å². The first-order valence-electron chi connectivity index (χ1n) is 15.6. The number of aliphatic carboxylic acids is 1. The lowest BCUT2D eigenvalue weighted by atomic mass is 9.94. The third-order valence-corrected chi connectivity index (χ3v) is 8.29. The van der Waals surface area contributed by atoms with Crippen LogP contribution in [0.1, 0.15) is 54.4 Å². The van der Waals surface area contributed by atoms with Gasteiger partial charge in [0.2, 0.25) is 0 Å². The number of carboxylic acids is 1. The largest absolute Gasteiger partial charge is 0.480 e. The van der Waals surface area contributed by atoms with Crippen LogP contribution < -0.4 is 21.3 Å². The van der Waals surface area contributed by atoms with Crippen LogP contribution in [-0.2, 0) is 22.7 Å². The quantitative estimate of drug-likeness (QED) is 0.0918. The number of aromatic nitrogens is 2. The van der Waals surface area contributed by atoms with Gasteiger partial charge in [-0.3, -0.25) is 29.7 Å². The minimum absolute atomic E-state index is 0.161. The van der Waals surface area contributed by atoms with E-state index in [4.69, 9.17) is 5.11 Å². The lowest BCUT2D eigenvalue weighted by molar-refractivity contribution is -0.140. The number of carbonyl (C=O) groups is 4. The summed E-state index contributed by atoms with van der Waals surface area (Å²) in [5, 5.41) is 39.1. The molecule has 2 aromatic heterocycles. The van der Waals surface area contributed by atoms with E-state index in [2.05, 4.69) is 31.2 Å². The van der Waals surface area contributed by atoms with E-state index in [1.807, 2.05) is 45.0 Å². The molecule has 0 aliphatic heterocycles. The Morgan fingerprint density at radius 3 is 1.59 bits per heavy atom. The fourth-order valence-electron chi connectivity index (χ4n) is 5.15. The van der Waals surface area contributed by atoms with E-state index >= 15 is 0 Å². The molecule has 2 heterocycles. The predicted octanol–water partition coefficient (Wildman–Crippen LogP) is 3.07. The summed E-state index contributed by atoms with van der Waals surface area (Å²) in [6, 6.07) is 12.6. The lowest BCUT2D eigenvalue weighted by Gasteiger charge is -2.17. The van der Waals surface area contributed by atoms with E-state index < -0.39 is 30.6 Å². The molecule has 2 aromatic carbocycles. The Kier molecular flexibility index (Phi) is 12.4. The number of aliphatic hydroxyl groups is 2. The number of nitrogens with one attached hydrogen (secondary N) is 4. The molecule has 2 amide bonds. The Morgan fingerprint density at radius 2 is 1.20 bits per heavy atom. The van der Waals surface area contributed by atoms with Gasteiger partial charge in [0.25, 0.3) is 11.8 Å². The first-order valence-corrected chi connectivity index (χ1v) is 15.6. The Bertz CT molecular complexity index is 1860. The minimum atomic E-state index is -1.16. The van der Waals surface area contributed by atoms with Crippen molar-refractivity contribution in [3.05, 3.63) is 106 Å². The number of rotatable bonds is 15. The van der Waals surface area contributed by atoms with Gasteiger partial charge in [-0.1, -0.05) is 24.3 Å². The summed E-state index contributed by atoms with van der Waals surface area (Å²) in [6.45, 7) is 7.03. The molecule has 13 heteroatoms. The summed E-state index contributed by atoms with van der Waals surface area (Å²) in [6.07, 6.45) is 3.71. The van der Waals surface area contributed by atoms with Gasteiger partial charge in [-0.25, -0.2) is 0 Å². The molecule has 7 N–H and O–H groups in total. The van der Waals surface area contributed by atoms with E-state index in [1.54, 1.807) is 37.4 Å². The van der Waals surface area contributed by atoms with Crippen LogP contribution in [0.25, 0.3) is 11.1 Å². The van der Waals surface area contributed by atoms with Gasteiger partial charge in [-0.15, -0.1) is 0 Å². The standard InChI is InChI=1S/C36H40N6O7/c1-20-11-31(38-14-24(20)13-37-26(17-43)18-44)34(46)41-29-9-5-7-27(22(29)3)28-8-6-10-30(23(28)4)42-35(47)32-12-21(2)25(15-39-32)16-40-33(19-45)36(48)49/h5-12,14-15,17,26,33,37,40,44-45H,13,16,18-19H2,1-4H3,(H,41,46)(H,42,47)(H,48,49)/t26-,33+/m1/s1. The number of aryl methyl sites for hydroxylation is 2. The number of carbonyl (C=O) groups excluding carboxylic acids is 3. The maximum Gasteiger partial charge on any atom is 0.323 e. The highest BCUT2D eigenvalue weighted by atomic mass is 16.4. The third-order valence-electron chi connectivity index (χ3n) is 8.29. The van der Waals surface area contributed by atoms with Crippen LogP contribution in [0.2, 0.25) is 0 Å². The van der Waals surface area contributed by atoms with E-state index in [0.29, 0.717) is 29.8 Å². The molecule has 0 saturated carbocycles. The summed E-state index contributed by atoms with van der Waals surface area (Å²) in [7, 11) is 0. The zero-order chi connectivity index (χ0) is 35.7. The fraction of sp³-hybridized carbons (Fsp3) is 0.278. The van der Waals surface area contributed by atoms with E-state index in [1.165, 1.54) is 6.20 Å².